The van der Waals surface area contributed by atoms with E-state index in [4.69, 9.17) is 5.14 Å². The first kappa shape index (κ1) is 23.1. The molecular formula is C22H24F2N4O4S. The number of sulfonamides is 1. The fraction of sp³-hybridized carbons (Fsp3) is 0.364. The first-order valence-corrected chi connectivity index (χ1v) is 12.2. The molecule has 0 atom stereocenters. The van der Waals surface area contributed by atoms with Crippen LogP contribution >= 0.6 is 0 Å². The van der Waals surface area contributed by atoms with Crippen LogP contribution in [0.15, 0.2) is 42.5 Å². The molecule has 1 spiro atoms. The summed E-state index contributed by atoms with van der Waals surface area (Å²) in [6.45, 7) is 0.586. The second-order valence-electron chi connectivity index (χ2n) is 8.50. The van der Waals surface area contributed by atoms with Crippen molar-refractivity contribution < 1.29 is 26.9 Å². The number of hydrogen-bond acceptors (Lipinski definition) is 5. The molecule has 0 aliphatic carbocycles. The SMILES string of the molecule is NS(=O)(=O)Cc1cc(CNC(=O)N2CCC3(CC2)CC(=O)c2ccccc2N3F)ccc1F. The van der Waals surface area contributed by atoms with Gasteiger partial charge in [-0.15, -0.1) is 0 Å². The Morgan fingerprint density at radius 3 is 2.55 bits per heavy atom. The Hall–Kier alpha value is -3.05. The number of amides is 2. The molecule has 0 unspecified atom stereocenters. The third-order valence-electron chi connectivity index (χ3n) is 6.21. The molecule has 2 amide bonds. The Kier molecular flexibility index (Phi) is 6.10. The van der Waals surface area contributed by atoms with E-state index in [1.54, 1.807) is 29.2 Å². The Balaban J connectivity index is 1.37. The zero-order chi connectivity index (χ0) is 23.8. The number of rotatable bonds is 4. The Labute approximate surface area is 190 Å². The van der Waals surface area contributed by atoms with Crippen molar-refractivity contribution in [2.45, 2.75) is 37.1 Å². The van der Waals surface area contributed by atoms with Crippen LogP contribution in [0, 0.1) is 5.82 Å². The number of Topliss-reactive ketones (excluding diaryl/α,β-unsaturated/α-hetero) is 1. The lowest BCUT2D eigenvalue weighted by molar-refractivity contribution is 0.0805. The number of fused-ring (bicyclic) bond motifs is 1. The van der Waals surface area contributed by atoms with E-state index in [0.717, 1.165) is 6.07 Å². The number of carbonyl (C=O) groups excluding carboxylic acids is 2. The Bertz CT molecular complexity index is 1200. The lowest BCUT2D eigenvalue weighted by atomic mass is 9.78. The molecule has 1 fully saturated rings. The van der Waals surface area contributed by atoms with Gasteiger partial charge in [-0.25, -0.2) is 27.9 Å². The maximum atomic E-state index is 15.3. The Morgan fingerprint density at radius 2 is 1.85 bits per heavy atom. The summed E-state index contributed by atoms with van der Waals surface area (Å²) < 4.78 is 51.6. The van der Waals surface area contributed by atoms with Crippen LogP contribution in [0.2, 0.25) is 0 Å². The number of hydrogen-bond donors (Lipinski definition) is 2. The monoisotopic (exact) mass is 478 g/mol. The summed E-state index contributed by atoms with van der Waals surface area (Å²) in [5, 5.41) is 8.39. The molecule has 4 rings (SSSR count). The van der Waals surface area contributed by atoms with Crippen molar-refractivity contribution in [1.29, 1.82) is 0 Å². The van der Waals surface area contributed by atoms with Gasteiger partial charge in [-0.1, -0.05) is 28.7 Å². The van der Waals surface area contributed by atoms with Crippen LogP contribution in [0.5, 0.6) is 0 Å². The molecule has 176 valence electrons. The number of primary sulfonamides is 1. The molecule has 0 radical (unpaired) electrons. The van der Waals surface area contributed by atoms with Crippen LogP contribution < -0.4 is 15.6 Å². The molecule has 1 saturated heterocycles. The number of anilines is 1. The number of para-hydroxylation sites is 1. The number of nitrogens with zero attached hydrogens (tertiary/aromatic N) is 2. The van der Waals surface area contributed by atoms with Crippen LogP contribution in [-0.2, 0) is 22.3 Å². The quantitative estimate of drug-likeness (QED) is 0.656. The molecule has 0 bridgehead atoms. The van der Waals surface area contributed by atoms with Crippen molar-refractivity contribution in [3.8, 4) is 0 Å². The van der Waals surface area contributed by atoms with Gasteiger partial charge in [0.25, 0.3) is 0 Å². The number of nitrogens with one attached hydrogen (secondary N) is 1. The van der Waals surface area contributed by atoms with Crippen LogP contribution in [0.25, 0.3) is 0 Å². The van der Waals surface area contributed by atoms with E-state index in [9.17, 15) is 22.4 Å². The first-order chi connectivity index (χ1) is 15.6. The van der Waals surface area contributed by atoms with Gasteiger partial charge in [-0.3, -0.25) is 4.79 Å². The zero-order valence-corrected chi connectivity index (χ0v) is 18.6. The van der Waals surface area contributed by atoms with E-state index < -0.39 is 27.1 Å². The maximum absolute atomic E-state index is 15.3. The van der Waals surface area contributed by atoms with Crippen molar-refractivity contribution in [3.05, 3.63) is 65.0 Å². The van der Waals surface area contributed by atoms with E-state index in [1.165, 1.54) is 12.1 Å². The summed E-state index contributed by atoms with van der Waals surface area (Å²) in [6, 6.07) is 10.1. The smallest absolute Gasteiger partial charge is 0.317 e. The number of carbonyl (C=O) groups is 2. The molecule has 3 N–H and O–H groups in total. The fourth-order valence-electron chi connectivity index (χ4n) is 4.45. The number of piperidine rings is 1. The summed E-state index contributed by atoms with van der Waals surface area (Å²) in [5.41, 5.74) is 0.0998. The second kappa shape index (κ2) is 8.71. The average molecular weight is 479 g/mol. The number of ketones is 1. The van der Waals surface area contributed by atoms with Crippen molar-refractivity contribution in [1.82, 2.24) is 10.2 Å². The molecule has 2 aromatic rings. The van der Waals surface area contributed by atoms with E-state index in [2.05, 4.69) is 5.32 Å². The third kappa shape index (κ3) is 4.83. The summed E-state index contributed by atoms with van der Waals surface area (Å²) in [4.78, 5) is 26.7. The highest BCUT2D eigenvalue weighted by molar-refractivity contribution is 7.88. The average Bonchev–Trinajstić information content (AvgIpc) is 2.77. The molecule has 2 heterocycles. The topological polar surface area (TPSA) is 113 Å². The largest absolute Gasteiger partial charge is 0.334 e. The normalized spacial score (nSPS) is 17.7. The lowest BCUT2D eigenvalue weighted by Crippen LogP contribution is -2.57. The second-order valence-corrected chi connectivity index (χ2v) is 10.1. The van der Waals surface area contributed by atoms with E-state index in [-0.39, 0.29) is 49.1 Å². The minimum absolute atomic E-state index is 0.0539. The minimum Gasteiger partial charge on any atom is -0.334 e. The summed E-state index contributed by atoms with van der Waals surface area (Å²) in [7, 11) is -3.90. The number of nitrogens with two attached hydrogens (primary N) is 1. The highest BCUT2D eigenvalue weighted by atomic mass is 32.2. The predicted molar refractivity (Wildman–Crippen MR) is 118 cm³/mol. The van der Waals surface area contributed by atoms with Crippen LogP contribution in [0.3, 0.4) is 0 Å². The molecule has 11 heteroatoms. The number of urea groups is 1. The molecule has 0 saturated carbocycles. The molecule has 2 aliphatic rings. The maximum Gasteiger partial charge on any atom is 0.317 e. The van der Waals surface area contributed by atoms with Gasteiger partial charge in [-0.05, 0) is 36.6 Å². The van der Waals surface area contributed by atoms with Crippen molar-refractivity contribution >= 4 is 27.5 Å². The van der Waals surface area contributed by atoms with Crippen LogP contribution in [0.4, 0.5) is 19.4 Å². The van der Waals surface area contributed by atoms with Gasteiger partial charge < -0.3 is 10.2 Å². The number of halogens is 2. The molecule has 2 aliphatic heterocycles. The van der Waals surface area contributed by atoms with Gasteiger partial charge in [0.15, 0.2) is 5.78 Å². The molecule has 0 aromatic heterocycles. The van der Waals surface area contributed by atoms with Gasteiger partial charge in [-0.2, -0.15) is 0 Å². The van der Waals surface area contributed by atoms with Crippen molar-refractivity contribution in [2.75, 3.05) is 18.2 Å². The number of likely N-dealkylation sites (tertiary alicyclic amines) is 1. The first-order valence-electron chi connectivity index (χ1n) is 10.5. The summed E-state index contributed by atoms with van der Waals surface area (Å²) in [6.07, 6.45) is 0.649. The molecule has 2 aromatic carbocycles. The zero-order valence-electron chi connectivity index (χ0n) is 17.8. The lowest BCUT2D eigenvalue weighted by Gasteiger charge is -2.47. The molecule has 33 heavy (non-hydrogen) atoms. The Morgan fingerprint density at radius 1 is 1.15 bits per heavy atom. The molecular weight excluding hydrogens is 454 g/mol. The van der Waals surface area contributed by atoms with E-state index >= 15 is 4.48 Å². The fourth-order valence-corrected chi connectivity index (χ4v) is 5.11. The minimum atomic E-state index is -3.90. The predicted octanol–water partition coefficient (Wildman–Crippen LogP) is 2.64. The standard InChI is InChI=1S/C22H24F2N4O4S/c23-18-6-5-15(11-16(18)14-33(25,31)32)13-26-21(30)27-9-7-22(8-10-27)12-20(29)17-3-1-2-4-19(17)28(22)24/h1-6,11H,7-10,12-14H2,(H,26,30)(H2,25,31,32). The highest BCUT2D eigenvalue weighted by Gasteiger charge is 2.47. The van der Waals surface area contributed by atoms with Crippen molar-refractivity contribution in [2.24, 2.45) is 5.14 Å². The van der Waals surface area contributed by atoms with Crippen LogP contribution in [-0.4, -0.2) is 43.8 Å². The number of benzene rings is 2. The van der Waals surface area contributed by atoms with Gasteiger partial charge in [0.2, 0.25) is 10.0 Å². The van der Waals surface area contributed by atoms with E-state index in [0.29, 0.717) is 29.1 Å². The molecule has 8 nitrogen and oxygen atoms in total. The highest BCUT2D eigenvalue weighted by Crippen LogP contribution is 2.43. The van der Waals surface area contributed by atoms with Gasteiger partial charge in [0.05, 0.1) is 17.0 Å². The van der Waals surface area contributed by atoms with Crippen molar-refractivity contribution in [3.63, 3.8) is 0 Å². The van der Waals surface area contributed by atoms with E-state index in [1.807, 2.05) is 0 Å². The van der Waals surface area contributed by atoms with Gasteiger partial charge >= 0.3 is 6.03 Å². The van der Waals surface area contributed by atoms with Gasteiger partial charge in [0, 0.05) is 37.2 Å². The van der Waals surface area contributed by atoms with Crippen LogP contribution in [0.1, 0.15) is 40.7 Å². The summed E-state index contributed by atoms with van der Waals surface area (Å²) in [5.74, 6) is -1.44. The third-order valence-corrected chi connectivity index (χ3v) is 6.93. The summed E-state index contributed by atoms with van der Waals surface area (Å²) >= 11 is 0. The van der Waals surface area contributed by atoms with Gasteiger partial charge in [0.1, 0.15) is 5.82 Å².